The van der Waals surface area contributed by atoms with Crippen molar-refractivity contribution in [1.82, 2.24) is 0 Å². The Morgan fingerprint density at radius 3 is 2.25 bits per heavy atom. The van der Waals surface area contributed by atoms with Gasteiger partial charge >= 0.3 is 0 Å². The number of benzene rings is 2. The van der Waals surface area contributed by atoms with Gasteiger partial charge in [0.05, 0.1) is 5.69 Å². The normalized spacial score (nSPS) is 10.4. The van der Waals surface area contributed by atoms with Crippen LogP contribution in [0.25, 0.3) is 0 Å². The van der Waals surface area contributed by atoms with Crippen LogP contribution < -0.4 is 10.6 Å². The van der Waals surface area contributed by atoms with Crippen molar-refractivity contribution in [3.05, 3.63) is 57.6 Å². The van der Waals surface area contributed by atoms with Gasteiger partial charge in [-0.1, -0.05) is 34.2 Å². The minimum Gasteiger partial charge on any atom is -0.389 e. The maximum absolute atomic E-state index is 5.83. The first-order valence-electron chi connectivity index (χ1n) is 6.30. The van der Waals surface area contributed by atoms with E-state index in [1.165, 1.54) is 11.1 Å². The lowest BCUT2D eigenvalue weighted by molar-refractivity contribution is 1.18. The molecule has 0 aliphatic rings. The Labute approximate surface area is 133 Å². The smallest absolute Gasteiger partial charge is 0.106 e. The molecule has 2 rings (SSSR count). The van der Waals surface area contributed by atoms with Crippen LogP contribution in [0.2, 0.25) is 0 Å². The second-order valence-corrected chi connectivity index (χ2v) is 6.29. The SMILES string of the molecule is Cc1cc(C)cc(N(C)c2cc(Br)ccc2C(N)=S)c1. The predicted molar refractivity (Wildman–Crippen MR) is 94.0 cm³/mol. The summed E-state index contributed by atoms with van der Waals surface area (Å²) in [6, 6.07) is 12.4. The van der Waals surface area contributed by atoms with Gasteiger partial charge in [0.15, 0.2) is 0 Å². The lowest BCUT2D eigenvalue weighted by atomic mass is 10.1. The van der Waals surface area contributed by atoms with Gasteiger partial charge in [0, 0.05) is 22.8 Å². The Bertz CT molecular complexity index is 647. The molecule has 104 valence electrons. The van der Waals surface area contributed by atoms with Crippen LogP contribution in [0, 0.1) is 13.8 Å². The van der Waals surface area contributed by atoms with E-state index in [-0.39, 0.29) is 0 Å². The average Bonchev–Trinajstić information content (AvgIpc) is 2.36. The highest BCUT2D eigenvalue weighted by Gasteiger charge is 2.12. The van der Waals surface area contributed by atoms with Crippen LogP contribution in [0.5, 0.6) is 0 Å². The van der Waals surface area contributed by atoms with Crippen LogP contribution in [-0.2, 0) is 0 Å². The van der Waals surface area contributed by atoms with E-state index in [0.29, 0.717) is 4.99 Å². The summed E-state index contributed by atoms with van der Waals surface area (Å²) in [6.07, 6.45) is 0. The van der Waals surface area contributed by atoms with Crippen molar-refractivity contribution in [2.75, 3.05) is 11.9 Å². The van der Waals surface area contributed by atoms with E-state index in [9.17, 15) is 0 Å². The zero-order valence-corrected chi connectivity index (χ0v) is 14.2. The van der Waals surface area contributed by atoms with Crippen LogP contribution in [0.15, 0.2) is 40.9 Å². The number of anilines is 2. The molecule has 0 bridgehead atoms. The van der Waals surface area contributed by atoms with Crippen molar-refractivity contribution in [3.8, 4) is 0 Å². The highest BCUT2D eigenvalue weighted by atomic mass is 79.9. The van der Waals surface area contributed by atoms with Gasteiger partial charge in [0.1, 0.15) is 4.99 Å². The first-order valence-corrected chi connectivity index (χ1v) is 7.50. The summed E-state index contributed by atoms with van der Waals surface area (Å²) in [7, 11) is 2.03. The summed E-state index contributed by atoms with van der Waals surface area (Å²) < 4.78 is 1.00. The minimum atomic E-state index is 0.406. The summed E-state index contributed by atoms with van der Waals surface area (Å²) in [5, 5.41) is 0. The lowest BCUT2D eigenvalue weighted by Gasteiger charge is -2.23. The molecule has 0 saturated heterocycles. The molecule has 2 nitrogen and oxygen atoms in total. The molecule has 2 aromatic carbocycles. The summed E-state index contributed by atoms with van der Waals surface area (Å²) in [4.78, 5) is 2.52. The van der Waals surface area contributed by atoms with E-state index in [1.807, 2.05) is 25.2 Å². The summed E-state index contributed by atoms with van der Waals surface area (Å²) in [6.45, 7) is 4.19. The topological polar surface area (TPSA) is 29.3 Å². The van der Waals surface area contributed by atoms with Gasteiger partial charge in [-0.05, 0) is 55.3 Å². The molecular weight excluding hydrogens is 332 g/mol. The molecule has 4 heteroatoms. The highest BCUT2D eigenvalue weighted by molar-refractivity contribution is 9.10. The number of halogens is 1. The molecule has 2 N–H and O–H groups in total. The quantitative estimate of drug-likeness (QED) is 0.829. The van der Waals surface area contributed by atoms with Gasteiger partial charge in [0.2, 0.25) is 0 Å². The molecule has 0 unspecified atom stereocenters. The fourth-order valence-corrected chi connectivity index (χ4v) is 2.80. The van der Waals surface area contributed by atoms with Crippen LogP contribution in [-0.4, -0.2) is 12.0 Å². The maximum Gasteiger partial charge on any atom is 0.106 e. The molecule has 0 amide bonds. The van der Waals surface area contributed by atoms with Crippen LogP contribution in [0.3, 0.4) is 0 Å². The second-order valence-electron chi connectivity index (χ2n) is 4.93. The zero-order valence-electron chi connectivity index (χ0n) is 11.8. The Balaban J connectivity index is 2.54. The van der Waals surface area contributed by atoms with Gasteiger partial charge in [-0.15, -0.1) is 0 Å². The number of nitrogens with zero attached hydrogens (tertiary/aromatic N) is 1. The Kier molecular flexibility index (Phi) is 4.45. The van der Waals surface area contributed by atoms with Crippen molar-refractivity contribution in [3.63, 3.8) is 0 Å². The molecule has 0 saturated carbocycles. The number of nitrogens with two attached hydrogens (primary N) is 1. The van der Waals surface area contributed by atoms with E-state index >= 15 is 0 Å². The molecule has 0 spiro atoms. The average molecular weight is 349 g/mol. The molecule has 20 heavy (non-hydrogen) atoms. The van der Waals surface area contributed by atoms with Crippen molar-refractivity contribution in [2.24, 2.45) is 5.73 Å². The van der Waals surface area contributed by atoms with Crippen molar-refractivity contribution >= 4 is 44.5 Å². The first-order chi connectivity index (χ1) is 9.38. The molecule has 0 atom stereocenters. The van der Waals surface area contributed by atoms with Gasteiger partial charge in [-0.25, -0.2) is 0 Å². The number of thiocarbonyl (C=S) groups is 1. The fraction of sp³-hybridized carbons (Fsp3) is 0.188. The largest absolute Gasteiger partial charge is 0.389 e. The van der Waals surface area contributed by atoms with Crippen LogP contribution in [0.1, 0.15) is 16.7 Å². The predicted octanol–water partition coefficient (Wildman–Crippen LogP) is 4.47. The number of rotatable bonds is 3. The molecule has 0 fully saturated rings. The van der Waals surface area contributed by atoms with Crippen molar-refractivity contribution in [1.29, 1.82) is 0 Å². The van der Waals surface area contributed by atoms with E-state index in [4.69, 9.17) is 18.0 Å². The fourth-order valence-electron chi connectivity index (χ4n) is 2.27. The molecule has 0 heterocycles. The zero-order chi connectivity index (χ0) is 14.9. The third kappa shape index (κ3) is 3.19. The third-order valence-corrected chi connectivity index (χ3v) is 3.89. The van der Waals surface area contributed by atoms with E-state index in [1.54, 1.807) is 0 Å². The Morgan fingerprint density at radius 1 is 1.10 bits per heavy atom. The van der Waals surface area contributed by atoms with Crippen molar-refractivity contribution in [2.45, 2.75) is 13.8 Å². The standard InChI is InChI=1S/C16H17BrN2S/c1-10-6-11(2)8-13(7-10)19(3)15-9-12(17)4-5-14(15)16(18)20/h4-9H,1-3H3,(H2,18,20). The second kappa shape index (κ2) is 5.94. The van der Waals surface area contributed by atoms with E-state index in [0.717, 1.165) is 21.4 Å². The minimum absolute atomic E-state index is 0.406. The molecule has 2 aromatic rings. The van der Waals surface area contributed by atoms with E-state index < -0.39 is 0 Å². The van der Waals surface area contributed by atoms with Crippen LogP contribution in [0.4, 0.5) is 11.4 Å². The third-order valence-electron chi connectivity index (χ3n) is 3.18. The number of hydrogen-bond donors (Lipinski definition) is 1. The van der Waals surface area contributed by atoms with Gasteiger partial charge in [-0.3, -0.25) is 0 Å². The summed E-state index contributed by atoms with van der Waals surface area (Å²) >= 11 is 8.65. The first kappa shape index (κ1) is 15.0. The summed E-state index contributed by atoms with van der Waals surface area (Å²) in [5.74, 6) is 0. The van der Waals surface area contributed by atoms with E-state index in [2.05, 4.69) is 52.9 Å². The summed E-state index contributed by atoms with van der Waals surface area (Å²) in [5.41, 5.74) is 11.3. The molecule has 0 aromatic heterocycles. The lowest BCUT2D eigenvalue weighted by Crippen LogP contribution is -2.18. The molecule has 0 aliphatic carbocycles. The number of aryl methyl sites for hydroxylation is 2. The van der Waals surface area contributed by atoms with Gasteiger partial charge in [-0.2, -0.15) is 0 Å². The van der Waals surface area contributed by atoms with Crippen molar-refractivity contribution < 1.29 is 0 Å². The molecular formula is C16H17BrN2S. The molecule has 0 aliphatic heterocycles. The monoisotopic (exact) mass is 348 g/mol. The Hall–Kier alpha value is -1.39. The highest BCUT2D eigenvalue weighted by Crippen LogP contribution is 2.31. The molecule has 0 radical (unpaired) electrons. The van der Waals surface area contributed by atoms with Crippen LogP contribution >= 0.6 is 28.1 Å². The Morgan fingerprint density at radius 2 is 1.70 bits per heavy atom. The maximum atomic E-state index is 5.83. The number of hydrogen-bond acceptors (Lipinski definition) is 2. The van der Waals surface area contributed by atoms with Gasteiger partial charge < -0.3 is 10.6 Å². The van der Waals surface area contributed by atoms with Gasteiger partial charge in [0.25, 0.3) is 0 Å².